The second kappa shape index (κ2) is 28.6. The summed E-state index contributed by atoms with van der Waals surface area (Å²) in [7, 11) is -9.06. The Morgan fingerprint density at radius 2 is 0.964 bits per heavy atom. The lowest BCUT2D eigenvalue weighted by Crippen LogP contribution is -2.44. The average molecular weight is 1270 g/mol. The lowest BCUT2D eigenvalue weighted by Gasteiger charge is -2.35. The molecule has 84 heavy (non-hydrogen) atoms. The number of anilines is 2. The Kier molecular flexibility index (Phi) is 24.1. The predicted octanol–water partition coefficient (Wildman–Crippen LogP) is 10.6. The number of fused-ring (bicyclic) bond motifs is 2. The predicted molar refractivity (Wildman–Crippen MR) is 325 cm³/mol. The molecule has 4 aliphatic rings. The molecule has 2 aliphatic heterocycles. The van der Waals surface area contributed by atoms with Gasteiger partial charge in [-0.25, -0.2) is 26.8 Å². The lowest BCUT2D eigenvalue weighted by atomic mass is 9.84. The molecule has 2 saturated carbocycles. The van der Waals surface area contributed by atoms with Crippen molar-refractivity contribution in [2.75, 3.05) is 21.7 Å². The third kappa shape index (κ3) is 21.9. The fourth-order valence-corrected chi connectivity index (χ4v) is 12.1. The van der Waals surface area contributed by atoms with Crippen molar-refractivity contribution in [3.05, 3.63) is 94.2 Å². The second-order valence-electron chi connectivity index (χ2n) is 24.7. The number of halogens is 1. The van der Waals surface area contributed by atoms with Crippen molar-refractivity contribution in [3.63, 3.8) is 0 Å². The first-order chi connectivity index (χ1) is 37.9. The van der Waals surface area contributed by atoms with Crippen molar-refractivity contribution in [1.82, 2.24) is 9.97 Å². The van der Waals surface area contributed by atoms with E-state index in [0.29, 0.717) is 21.5 Å². The molecule has 0 spiro atoms. The van der Waals surface area contributed by atoms with E-state index in [-0.39, 0.29) is 111 Å². The van der Waals surface area contributed by atoms with Crippen LogP contribution in [0.3, 0.4) is 0 Å². The molecule has 24 heteroatoms. The van der Waals surface area contributed by atoms with Crippen LogP contribution in [0.2, 0.25) is 5.82 Å². The number of ether oxygens (including phenoxy) is 6. The molecule has 0 saturated heterocycles. The first kappa shape index (κ1) is 70.7. The Hall–Kier alpha value is -5.82. The van der Waals surface area contributed by atoms with Gasteiger partial charge in [-0.1, -0.05) is 61.8 Å². The molecule has 4 aromatic rings. The van der Waals surface area contributed by atoms with Gasteiger partial charge in [0.2, 0.25) is 11.8 Å². The van der Waals surface area contributed by atoms with Crippen LogP contribution in [-0.2, 0) is 71.0 Å². The maximum atomic E-state index is 14.0. The number of carbonyl (C=O) groups excluding carboxylic acids is 4. The van der Waals surface area contributed by atoms with Gasteiger partial charge in [-0.05, 0) is 180 Å². The number of hydrogen-bond acceptors (Lipinski definition) is 18. The molecule has 0 amide bonds. The van der Waals surface area contributed by atoms with Crippen molar-refractivity contribution in [1.29, 1.82) is 0 Å². The maximum Gasteiger partial charge on any atom is 0.454 e. The summed E-state index contributed by atoms with van der Waals surface area (Å²) in [5.41, 5.74) is -0.0859. The lowest BCUT2D eigenvalue weighted by molar-refractivity contribution is -0.156. The topological polar surface area (TPSA) is 265 Å². The molecule has 464 valence electrons. The smallest absolute Gasteiger partial charge is 0.454 e. The van der Waals surface area contributed by atoms with Crippen molar-refractivity contribution in [2.24, 2.45) is 0 Å². The largest absolute Gasteiger partial charge is 0.471 e. The van der Waals surface area contributed by atoms with Crippen molar-refractivity contribution < 1.29 is 74.5 Å². The quantitative estimate of drug-likeness (QED) is 0.0600. The molecule has 2 aromatic heterocycles. The monoisotopic (exact) mass is 1270 g/mol. The van der Waals surface area contributed by atoms with E-state index >= 15 is 0 Å². The van der Waals surface area contributed by atoms with E-state index in [2.05, 4.69) is 25.9 Å². The highest BCUT2D eigenvalue weighted by atomic mass is 79.9. The zero-order chi connectivity index (χ0) is 60.8. The summed E-state index contributed by atoms with van der Waals surface area (Å²) in [6.45, 7) is 21.3. The summed E-state index contributed by atoms with van der Waals surface area (Å²) in [5, 5.41) is 16.5. The highest BCUT2D eigenvalue weighted by Gasteiger charge is 2.39. The summed E-state index contributed by atoms with van der Waals surface area (Å²) in [6.07, 6.45) is 6.26. The molecule has 2 N–H and O–H groups in total. The molecule has 20 nitrogen and oxygen atoms in total. The fourth-order valence-electron chi connectivity index (χ4n) is 8.46. The number of hydrogen-bond donors (Lipinski definition) is 2. The van der Waals surface area contributed by atoms with Crippen LogP contribution in [0.15, 0.2) is 87.3 Å². The molecular formula is C60H86BBrN4O16S2. The molecule has 4 heterocycles. The molecular weight excluding hydrogens is 1190 g/mol. The van der Waals surface area contributed by atoms with E-state index in [0.717, 1.165) is 31.2 Å². The molecule has 0 radical (unpaired) electrons. The molecule has 2 aliphatic carbocycles. The van der Waals surface area contributed by atoms with Gasteiger partial charge < -0.3 is 38.5 Å². The zero-order valence-corrected chi connectivity index (χ0v) is 52.1. The molecule has 0 bridgehead atoms. The van der Waals surface area contributed by atoms with Crippen LogP contribution in [0.4, 0.5) is 11.4 Å². The van der Waals surface area contributed by atoms with Crippen molar-refractivity contribution in [3.8, 4) is 11.8 Å². The van der Waals surface area contributed by atoms with Gasteiger partial charge in [0.15, 0.2) is 0 Å². The molecule has 2 atom stereocenters. The first-order valence-electron chi connectivity index (χ1n) is 27.4. The van der Waals surface area contributed by atoms with Gasteiger partial charge in [0, 0.05) is 29.7 Å². The number of pyridine rings is 2. The van der Waals surface area contributed by atoms with Crippen LogP contribution in [0.5, 0.6) is 11.8 Å². The molecule has 8 rings (SSSR count). The zero-order valence-electron chi connectivity index (χ0n) is 48.9. The Morgan fingerprint density at radius 3 is 1.31 bits per heavy atom. The second-order valence-corrected chi connectivity index (χ2v) is 29.4. The van der Waals surface area contributed by atoms with E-state index < -0.39 is 79.7 Å². The third-order valence-corrected chi connectivity index (χ3v) is 16.3. The van der Waals surface area contributed by atoms with Crippen LogP contribution in [-0.4, -0.2) is 116 Å². The van der Waals surface area contributed by atoms with E-state index in [1.165, 1.54) is 33.1 Å². The minimum absolute atomic E-state index is 0. The van der Waals surface area contributed by atoms with Gasteiger partial charge in [-0.3, -0.25) is 27.8 Å². The minimum atomic E-state index is -4.02. The number of rotatable bonds is 16. The van der Waals surface area contributed by atoms with Gasteiger partial charge in [0.05, 0.1) is 35.7 Å². The molecule has 0 unspecified atom stereocenters. The summed E-state index contributed by atoms with van der Waals surface area (Å²) < 4.78 is 92.2. The van der Waals surface area contributed by atoms with Crippen molar-refractivity contribution >= 4 is 78.3 Å². The number of nitrogens with zero attached hydrogens (tertiary/aromatic N) is 4. The van der Waals surface area contributed by atoms with Crippen LogP contribution < -0.4 is 18.1 Å². The van der Waals surface area contributed by atoms with E-state index in [4.69, 9.17) is 38.5 Å². The molecule has 2 aromatic carbocycles. The van der Waals surface area contributed by atoms with Gasteiger partial charge in [0.25, 0.3) is 20.0 Å². The third-order valence-electron chi connectivity index (χ3n) is 12.3. The van der Waals surface area contributed by atoms with Crippen LogP contribution in [0, 0.1) is 0 Å². The SMILES string of the molecule is C.C.CC(C)(C)OC(=O)CC[C@H]1CN(S(=O)(=O)c2cccc(Br)c2)c2cc(CC(=O)OC(C)(C)C)cnc2O1.CC(C)(C)OC(=O)CC[C@H]1CN(S(=O)(=O)c2cccc(C3CC3)c2)c2cc(CC(=O)OC(C)(C)C)cnc2O1.OB(O)C1CC1. The minimum Gasteiger partial charge on any atom is -0.471 e. The Morgan fingerprint density at radius 1 is 0.583 bits per heavy atom. The van der Waals surface area contributed by atoms with Crippen molar-refractivity contribution in [2.45, 2.75) is 218 Å². The van der Waals surface area contributed by atoms with E-state index in [1.54, 1.807) is 126 Å². The van der Waals surface area contributed by atoms with E-state index in [9.17, 15) is 36.0 Å². The normalized spacial score (nSPS) is 16.8. The number of esters is 4. The first-order valence-corrected chi connectivity index (χ1v) is 31.1. The van der Waals surface area contributed by atoms with Crippen LogP contribution >= 0.6 is 15.9 Å². The molecule has 2 fully saturated rings. The number of aromatic nitrogens is 2. The van der Waals surface area contributed by atoms with Gasteiger partial charge >= 0.3 is 31.0 Å². The highest BCUT2D eigenvalue weighted by Crippen LogP contribution is 2.43. The number of sulfonamides is 2. The Balaban J connectivity index is 0.000000320. The highest BCUT2D eigenvalue weighted by molar-refractivity contribution is 9.10. The standard InChI is InChI=1S/C29H38N2O7S.C26H33BrN2O7S.C3H7BO2.2CH4/c1-28(2,3)37-25(32)13-12-22-18-31(39(34,35)23-9-7-8-21(16-23)20-10-11-20)24-14-19(17-30-27(24)36-22)15-26(33)38-29(4,5)6;1-25(2,3)35-22(30)11-10-19-16-29(37(32,33)20-9-7-8-18(27)14-20)21-12-17(15-28-24(21)34-19)13-23(31)36-26(4,5)6;5-4(6)3-1-2-3;;/h7-9,14,16-17,20,22H,10-13,15,18H2,1-6H3;7-9,12,14-15,19H,10-11,13,16H2,1-6H3;3,5-6H,1-2H2;2*1H4/t22-;19-;;;/m00.../s1. The summed E-state index contributed by atoms with van der Waals surface area (Å²) in [6, 6.07) is 16.6. The summed E-state index contributed by atoms with van der Waals surface area (Å²) in [4.78, 5) is 58.4. The van der Waals surface area contributed by atoms with Gasteiger partial charge in [0.1, 0.15) is 46.0 Å². The average Bonchev–Trinajstić information content (AvgIpc) is 3.92. The summed E-state index contributed by atoms with van der Waals surface area (Å²) >= 11 is 3.33. The van der Waals surface area contributed by atoms with E-state index in [1.807, 2.05) is 6.07 Å². The Bertz CT molecular complexity index is 3160. The van der Waals surface area contributed by atoms with Gasteiger partial charge in [-0.15, -0.1) is 0 Å². The van der Waals surface area contributed by atoms with Gasteiger partial charge in [-0.2, -0.15) is 0 Å². The number of carbonyl (C=O) groups is 4. The fraction of sp³-hybridized carbons (Fsp3) is 0.567. The maximum absolute atomic E-state index is 14.0. The number of benzene rings is 2. The Labute approximate surface area is 506 Å². The van der Waals surface area contributed by atoms with Crippen LogP contribution in [0.1, 0.15) is 172 Å². The summed E-state index contributed by atoms with van der Waals surface area (Å²) in [5.74, 6) is -0.846. The van der Waals surface area contributed by atoms with Crippen LogP contribution in [0.25, 0.3) is 0 Å².